The zero-order valence-electron chi connectivity index (χ0n) is 23.4. The molecule has 0 spiro atoms. The van der Waals surface area contributed by atoms with Crippen LogP contribution in [0.4, 0.5) is 0 Å². The maximum atomic E-state index is 13.0. The molecular weight excluding hydrogens is 530 g/mol. The summed E-state index contributed by atoms with van der Waals surface area (Å²) < 4.78 is 0. The first-order valence-electron chi connectivity index (χ1n) is 13.3. The molecule has 2 aromatic carbocycles. The molecule has 2 rings (SSSR count). The molecule has 0 saturated heterocycles. The van der Waals surface area contributed by atoms with E-state index in [0.29, 0.717) is 0 Å². The number of rotatable bonds is 15. The Hall–Kier alpha value is -4.45. The number of nitrogens with two attached hydrogens (primary N) is 1. The van der Waals surface area contributed by atoms with Gasteiger partial charge in [0.15, 0.2) is 0 Å². The van der Waals surface area contributed by atoms with Gasteiger partial charge in [0, 0.05) is 6.42 Å². The van der Waals surface area contributed by atoms with Crippen LogP contribution in [0.1, 0.15) is 38.3 Å². The van der Waals surface area contributed by atoms with Crippen molar-refractivity contribution in [2.75, 3.05) is 6.54 Å². The summed E-state index contributed by atoms with van der Waals surface area (Å²) in [6.45, 7) is 4.62. The number of hydrogen-bond donors (Lipinski definition) is 7. The Bertz CT molecular complexity index is 1190. The number of carboxylic acids is 1. The van der Waals surface area contributed by atoms with Crippen LogP contribution in [-0.4, -0.2) is 70.5 Å². The van der Waals surface area contributed by atoms with Gasteiger partial charge in [-0.1, -0.05) is 56.3 Å². The Morgan fingerprint density at radius 2 is 1.37 bits per heavy atom. The van der Waals surface area contributed by atoms with Crippen molar-refractivity contribution in [3.05, 3.63) is 65.7 Å². The van der Waals surface area contributed by atoms with Gasteiger partial charge in [0.2, 0.25) is 23.6 Å². The Morgan fingerprint density at radius 3 is 1.95 bits per heavy atom. The Kier molecular flexibility index (Phi) is 12.8. The molecule has 12 nitrogen and oxygen atoms in total. The lowest BCUT2D eigenvalue weighted by molar-refractivity contribution is -0.142. The van der Waals surface area contributed by atoms with Gasteiger partial charge in [-0.2, -0.15) is 0 Å². The van der Waals surface area contributed by atoms with E-state index in [1.807, 2.05) is 13.8 Å². The van der Waals surface area contributed by atoms with E-state index in [9.17, 15) is 34.2 Å². The van der Waals surface area contributed by atoms with Crippen LogP contribution >= 0.6 is 0 Å². The summed E-state index contributed by atoms with van der Waals surface area (Å²) in [6, 6.07) is 11.0. The van der Waals surface area contributed by atoms with Gasteiger partial charge < -0.3 is 37.2 Å². The minimum atomic E-state index is -1.18. The number of carbonyl (C=O) groups is 5. The second kappa shape index (κ2) is 16.0. The van der Waals surface area contributed by atoms with Gasteiger partial charge >= 0.3 is 5.97 Å². The van der Waals surface area contributed by atoms with Crippen molar-refractivity contribution in [1.82, 2.24) is 21.3 Å². The van der Waals surface area contributed by atoms with Gasteiger partial charge in [0.05, 0.1) is 12.6 Å². The lowest BCUT2D eigenvalue weighted by Gasteiger charge is -2.23. The van der Waals surface area contributed by atoms with Gasteiger partial charge in [0.25, 0.3) is 0 Å². The molecule has 2 aromatic rings. The third-order valence-electron chi connectivity index (χ3n) is 6.16. The van der Waals surface area contributed by atoms with Gasteiger partial charge in [-0.3, -0.25) is 19.2 Å². The molecular formula is C29H39N5O7. The lowest BCUT2D eigenvalue weighted by atomic mass is 10.0. The fourth-order valence-electron chi connectivity index (χ4n) is 3.95. The van der Waals surface area contributed by atoms with E-state index < -0.39 is 60.3 Å². The lowest BCUT2D eigenvalue weighted by Crippen LogP contribution is -2.55. The van der Waals surface area contributed by atoms with E-state index >= 15 is 0 Å². The average Bonchev–Trinajstić information content (AvgIpc) is 2.92. The highest BCUT2D eigenvalue weighted by atomic mass is 16.4. The number of carboxylic acid groups (broad SMARTS) is 1. The number of nitrogens with one attached hydrogen (secondary N) is 4. The minimum absolute atomic E-state index is 0.0126. The number of aromatic hydroxyl groups is 1. The minimum Gasteiger partial charge on any atom is -0.508 e. The fourth-order valence-corrected chi connectivity index (χ4v) is 3.95. The number of carbonyl (C=O) groups excluding carboxylic acids is 4. The van der Waals surface area contributed by atoms with Gasteiger partial charge in [-0.25, -0.2) is 4.79 Å². The highest BCUT2D eigenvalue weighted by Crippen LogP contribution is 2.11. The van der Waals surface area contributed by atoms with Crippen molar-refractivity contribution in [3.63, 3.8) is 0 Å². The van der Waals surface area contributed by atoms with Crippen LogP contribution in [-0.2, 0) is 36.8 Å². The largest absolute Gasteiger partial charge is 0.508 e. The number of benzene rings is 2. The van der Waals surface area contributed by atoms with Crippen molar-refractivity contribution < 1.29 is 34.2 Å². The monoisotopic (exact) mass is 569 g/mol. The van der Waals surface area contributed by atoms with Crippen molar-refractivity contribution in [3.8, 4) is 5.75 Å². The van der Waals surface area contributed by atoms with Crippen molar-refractivity contribution in [2.45, 2.75) is 64.2 Å². The van der Waals surface area contributed by atoms with Gasteiger partial charge in [0.1, 0.15) is 23.9 Å². The van der Waals surface area contributed by atoms with Crippen LogP contribution in [0.15, 0.2) is 54.6 Å². The summed E-state index contributed by atoms with van der Waals surface area (Å²) in [5, 5.41) is 28.8. The van der Waals surface area contributed by atoms with Gasteiger partial charge in [-0.05, 0) is 48.9 Å². The molecule has 0 aromatic heterocycles. The van der Waals surface area contributed by atoms with Crippen LogP contribution < -0.4 is 27.0 Å². The number of aliphatic carboxylic acids is 1. The first-order chi connectivity index (χ1) is 19.3. The van der Waals surface area contributed by atoms with Crippen LogP contribution in [0.2, 0.25) is 0 Å². The zero-order chi connectivity index (χ0) is 30.5. The standard InChI is InChI=1S/C29H39N5O7/c1-17(2)13-24(29(40)41)34-28(39)23(15-19-7-5-4-6-8-19)33-25(36)16-31-26(37)18(3)32-27(38)22(30)14-20-9-11-21(35)12-10-20/h4-12,17-18,22-24,35H,13-16,30H2,1-3H3,(H,31,37)(H,32,38)(H,33,36)(H,34,39)(H,40,41)/t18-,22+,23-,24-/m0/s1. The molecule has 41 heavy (non-hydrogen) atoms. The molecule has 0 aliphatic heterocycles. The van der Waals surface area contributed by atoms with E-state index in [4.69, 9.17) is 5.73 Å². The molecule has 4 atom stereocenters. The highest BCUT2D eigenvalue weighted by Gasteiger charge is 2.28. The van der Waals surface area contributed by atoms with E-state index in [0.717, 1.165) is 11.1 Å². The highest BCUT2D eigenvalue weighted by molar-refractivity contribution is 5.94. The molecule has 0 aliphatic rings. The molecule has 222 valence electrons. The van der Waals surface area contributed by atoms with Gasteiger partial charge in [-0.15, -0.1) is 0 Å². The molecule has 0 fully saturated rings. The zero-order valence-corrected chi connectivity index (χ0v) is 23.4. The molecule has 0 radical (unpaired) electrons. The van der Waals surface area contributed by atoms with Crippen LogP contribution in [0.3, 0.4) is 0 Å². The SMILES string of the molecule is CC(C)C[C@H](NC(=O)[C@H](Cc1ccccc1)NC(=O)CNC(=O)[C@H](C)NC(=O)[C@H](N)Cc1ccc(O)cc1)C(=O)O. The molecule has 0 aliphatic carbocycles. The molecule has 4 amide bonds. The Labute approximate surface area is 239 Å². The summed E-state index contributed by atoms with van der Waals surface area (Å²) in [5.74, 6) is -3.63. The van der Waals surface area contributed by atoms with Crippen molar-refractivity contribution in [2.24, 2.45) is 11.7 Å². The van der Waals surface area contributed by atoms with Crippen molar-refractivity contribution in [1.29, 1.82) is 0 Å². The molecule has 0 saturated carbocycles. The molecule has 8 N–H and O–H groups in total. The molecule has 0 unspecified atom stereocenters. The number of hydrogen-bond acceptors (Lipinski definition) is 7. The molecule has 0 heterocycles. The van der Waals surface area contributed by atoms with E-state index in [2.05, 4.69) is 21.3 Å². The van der Waals surface area contributed by atoms with E-state index in [1.165, 1.54) is 19.1 Å². The Balaban J connectivity index is 1.94. The van der Waals surface area contributed by atoms with Crippen LogP contribution in [0, 0.1) is 5.92 Å². The quantitative estimate of drug-likeness (QED) is 0.158. The second-order valence-corrected chi connectivity index (χ2v) is 10.3. The summed E-state index contributed by atoms with van der Waals surface area (Å²) in [5.41, 5.74) is 7.41. The first-order valence-corrected chi connectivity index (χ1v) is 13.3. The third kappa shape index (κ3) is 11.7. The first kappa shape index (κ1) is 32.8. The fraction of sp³-hybridized carbons (Fsp3) is 0.414. The summed E-state index contributed by atoms with van der Waals surface area (Å²) in [4.78, 5) is 62.3. The van der Waals surface area contributed by atoms with Crippen molar-refractivity contribution >= 4 is 29.6 Å². The normalized spacial score (nSPS) is 13.8. The van der Waals surface area contributed by atoms with Crippen LogP contribution in [0.25, 0.3) is 0 Å². The predicted molar refractivity (Wildman–Crippen MR) is 151 cm³/mol. The summed E-state index contributed by atoms with van der Waals surface area (Å²) >= 11 is 0. The smallest absolute Gasteiger partial charge is 0.326 e. The van der Waals surface area contributed by atoms with E-state index in [1.54, 1.807) is 42.5 Å². The maximum absolute atomic E-state index is 13.0. The number of phenols is 1. The second-order valence-electron chi connectivity index (χ2n) is 10.3. The van der Waals surface area contributed by atoms with Crippen LogP contribution in [0.5, 0.6) is 5.75 Å². The average molecular weight is 570 g/mol. The molecule has 0 bridgehead atoms. The van der Waals surface area contributed by atoms with E-state index in [-0.39, 0.29) is 30.9 Å². The number of phenolic OH excluding ortho intramolecular Hbond substituents is 1. The predicted octanol–water partition coefficient (Wildman–Crippen LogP) is 0.226. The summed E-state index contributed by atoms with van der Waals surface area (Å²) in [7, 11) is 0. The third-order valence-corrected chi connectivity index (χ3v) is 6.16. The summed E-state index contributed by atoms with van der Waals surface area (Å²) in [6.07, 6.45) is 0.505. The number of amides is 4. The maximum Gasteiger partial charge on any atom is 0.326 e. The Morgan fingerprint density at radius 1 is 0.756 bits per heavy atom. The molecule has 12 heteroatoms. The topological polar surface area (TPSA) is 200 Å².